The predicted octanol–water partition coefficient (Wildman–Crippen LogP) is 14.2. The van der Waals surface area contributed by atoms with Crippen LogP contribution >= 0.6 is 28.3 Å². The lowest BCUT2D eigenvalue weighted by atomic mass is 9.97. The Bertz CT molecular complexity index is 7400. The number of H-pyrrole nitrogens is 4. The van der Waals surface area contributed by atoms with Crippen LogP contribution in [0.15, 0.2) is 193 Å². The number of nitrogens with two attached hydrogens (primary N) is 3. The smallest absolute Gasteiger partial charge is 0.407 e. The van der Waals surface area contributed by atoms with E-state index in [1.807, 2.05) is 72.7 Å². The van der Waals surface area contributed by atoms with Crippen molar-refractivity contribution in [2.75, 3.05) is 49.8 Å². The van der Waals surface area contributed by atoms with Crippen molar-refractivity contribution in [3.05, 3.63) is 264 Å². The molecule has 18 rings (SSSR count). The first kappa shape index (κ1) is 113. The number of carbonyl (C=O) groups excluding carboxylic acids is 4. The van der Waals surface area contributed by atoms with Gasteiger partial charge in [-0.2, -0.15) is 35.5 Å². The fourth-order valence-electron chi connectivity index (χ4n) is 13.5. The van der Waals surface area contributed by atoms with E-state index >= 15 is 4.39 Å². The van der Waals surface area contributed by atoms with Crippen LogP contribution in [0.1, 0.15) is 152 Å². The number of hydrogen-bond acceptors (Lipinski definition) is 32. The number of carbonyl (C=O) groups is 5. The summed E-state index contributed by atoms with van der Waals surface area (Å²) in [5.41, 5.74) is 30.7. The molecule has 0 saturated carbocycles. The number of nitrogens with zero attached hydrogens (tertiary/aromatic N) is 20. The quantitative estimate of drug-likeness (QED) is 0.00984. The number of amides is 1. The Morgan fingerprint density at radius 3 is 1.23 bits per heavy atom. The molecule has 1 amide bonds. The van der Waals surface area contributed by atoms with Crippen LogP contribution in [0, 0.1) is 23.3 Å². The Labute approximate surface area is 852 Å². The Kier molecular flexibility index (Phi) is 40.6. The third kappa shape index (κ3) is 31.2. The fourth-order valence-corrected chi connectivity index (χ4v) is 13.5. The fraction of sp³-hybridized carbons (Fsp3) is 0.283. The van der Waals surface area contributed by atoms with Gasteiger partial charge in [0, 0.05) is 125 Å². The zero-order chi connectivity index (χ0) is 106. The van der Waals surface area contributed by atoms with Gasteiger partial charge in [-0.1, -0.05) is 118 Å². The highest BCUT2D eigenvalue weighted by Crippen LogP contribution is 2.36. The monoisotopic (exact) mass is 2100 g/mol. The maximum atomic E-state index is 15.1. The summed E-state index contributed by atoms with van der Waals surface area (Å²) < 4.78 is 79.2. The highest BCUT2D eigenvalue weighted by Gasteiger charge is 2.28. The van der Waals surface area contributed by atoms with E-state index in [1.54, 1.807) is 152 Å². The van der Waals surface area contributed by atoms with Gasteiger partial charge < -0.3 is 81.9 Å². The summed E-state index contributed by atoms with van der Waals surface area (Å²) in [6, 6.07) is 27.0. The average Bonchev–Trinajstić information content (AvgIpc) is 1.65. The number of nitrogen functional groups attached to an aromatic ring is 2. The average molecular weight is 2110 g/mol. The number of aromatic nitrogens is 24. The minimum Gasteiger partial charge on any atom is -0.475 e. The number of benzene rings is 4. The number of aliphatic hydroxyl groups is 5. The maximum absolute atomic E-state index is 15.1. The SMILES string of the molecule is CC(C)(C)OC(=O)NCc1ccc(-c2ccnc3nc(-c4cnn(CCO)c4)[nH]c23)cc1F.CC(C)(C)c1nc(C(=O)CCc2ccc(-c3ccnc4nc(-c5cnn(CCO)c5)[nH]c34)cc2F)no1.CC(C)(C)c1nc(C(=O)O)no1.CCc1ccc(-c2ccnc(N)c2N)cc1F.Cl.NCc1ccc(-c2ccnc3nc(-c4cnn(CCO)c4)[nH]c23)cc1F.O=Cc1cn[nH]c1.O=Cc1cnn(CCO)c1.OCCBr. The number of imidazole rings is 3. The number of carboxylic acids is 1. The summed E-state index contributed by atoms with van der Waals surface area (Å²) in [6.45, 7) is 20.6. The van der Waals surface area contributed by atoms with Crippen molar-refractivity contribution in [1.82, 2.24) is 125 Å². The molecule has 42 nitrogen and oxygen atoms in total. The second-order valence-corrected chi connectivity index (χ2v) is 35.7. The summed E-state index contributed by atoms with van der Waals surface area (Å²) in [6.07, 6.45) is 24.6. The molecule has 147 heavy (non-hydrogen) atoms. The van der Waals surface area contributed by atoms with Gasteiger partial charge in [0.1, 0.15) is 52.2 Å². The third-order valence-corrected chi connectivity index (χ3v) is 21.2. The lowest BCUT2D eigenvalue weighted by Gasteiger charge is -2.19. The van der Waals surface area contributed by atoms with Crippen molar-refractivity contribution in [3.8, 4) is 78.7 Å². The lowest BCUT2D eigenvalue weighted by Crippen LogP contribution is -2.32. The van der Waals surface area contributed by atoms with Crippen molar-refractivity contribution in [3.63, 3.8) is 0 Å². The van der Waals surface area contributed by atoms with Crippen molar-refractivity contribution < 1.29 is 86.0 Å². The molecule has 14 heterocycles. The number of Topliss-reactive ketones (excluding diaryl/α,β-unsaturated/α-hetero) is 1. The summed E-state index contributed by atoms with van der Waals surface area (Å²) in [4.78, 5) is 103. The topological polar surface area (TPSA) is 621 Å². The molecule has 0 saturated heterocycles. The minimum absolute atomic E-state index is 0. The molecule has 48 heteroatoms. The largest absolute Gasteiger partial charge is 0.475 e. The molecular weight excluding hydrogens is 2000 g/mol. The van der Waals surface area contributed by atoms with E-state index in [-0.39, 0.29) is 117 Å². The molecule has 0 fully saturated rings. The molecule has 14 aromatic heterocycles. The number of aromatic amines is 4. The molecule has 0 radical (unpaired) electrons. The Morgan fingerprint density at radius 1 is 0.490 bits per heavy atom. The maximum Gasteiger partial charge on any atom is 0.407 e. The van der Waals surface area contributed by atoms with Crippen LogP contribution in [0.5, 0.6) is 0 Å². The summed E-state index contributed by atoms with van der Waals surface area (Å²) >= 11 is 3.00. The Morgan fingerprint density at radius 2 is 0.878 bits per heavy atom. The van der Waals surface area contributed by atoms with Crippen molar-refractivity contribution in [1.29, 1.82) is 0 Å². The van der Waals surface area contributed by atoms with Crippen LogP contribution in [-0.4, -0.2) is 224 Å². The minimum atomic E-state index is -1.17. The van der Waals surface area contributed by atoms with Crippen LogP contribution in [0.3, 0.4) is 0 Å². The van der Waals surface area contributed by atoms with E-state index in [4.69, 9.17) is 61.6 Å². The number of alkyl carbamates (subject to hydrolysis) is 1. The molecule has 0 spiro atoms. The van der Waals surface area contributed by atoms with Crippen molar-refractivity contribution in [2.24, 2.45) is 5.73 Å². The number of aryl methyl sites for hydroxylation is 2. The number of rotatable bonds is 27. The molecular formula is C99H110BrClF4N28O14. The Hall–Kier alpha value is -16.2. The van der Waals surface area contributed by atoms with E-state index in [2.05, 4.69) is 122 Å². The van der Waals surface area contributed by atoms with Crippen LogP contribution in [0.2, 0.25) is 0 Å². The molecule has 4 aromatic carbocycles. The van der Waals surface area contributed by atoms with Gasteiger partial charge in [-0.3, -0.25) is 38.2 Å². The van der Waals surface area contributed by atoms with E-state index in [0.717, 1.165) is 57.0 Å². The number of alkyl halides is 1. The molecule has 0 atom stereocenters. The number of fused-ring (bicyclic) bond motifs is 3. The van der Waals surface area contributed by atoms with Gasteiger partial charge in [0.2, 0.25) is 23.4 Å². The van der Waals surface area contributed by atoms with Crippen LogP contribution in [0.25, 0.3) is 112 Å². The molecule has 772 valence electrons. The number of nitrogens with one attached hydrogen (secondary N) is 5. The number of pyridine rings is 4. The number of ketones is 1. The number of aromatic carboxylic acids is 1. The lowest BCUT2D eigenvalue weighted by molar-refractivity contribution is 0.0521. The molecule has 0 aliphatic heterocycles. The number of hydrogen-bond donors (Lipinski definition) is 14. The van der Waals surface area contributed by atoms with Gasteiger partial charge in [0.05, 0.1) is 140 Å². The van der Waals surface area contributed by atoms with Crippen LogP contribution < -0.4 is 22.5 Å². The highest BCUT2D eigenvalue weighted by atomic mass is 79.9. The van der Waals surface area contributed by atoms with Gasteiger partial charge in [0.15, 0.2) is 29.5 Å². The molecule has 0 aliphatic carbocycles. The second-order valence-electron chi connectivity index (χ2n) is 34.9. The number of carboxylic acid groups (broad SMARTS) is 1. The Balaban J connectivity index is 0.000000184. The first-order chi connectivity index (χ1) is 69.9. The van der Waals surface area contributed by atoms with Crippen LogP contribution in [-0.2, 0) is 67.7 Å². The standard InChI is InChI=1S/C26H26FN7O3.C23H25FN6O3.C18H17FN6O.C13H14FN3.C7H10N2O3.C6H8N2O2.C4H4N2O.C2H5BrO.ClH/c1-26(2,3)25-32-23(33-37-25)20(36)7-6-15-4-5-16(12-19(15)27)18-8-9-28-24-21(18)30-22(31-24)17-13-29-34(14-17)10-11-35;1-23(2,3)33-22(32)26-11-15-5-4-14(10-18(15)24)17-6-7-25-21-19(17)28-20(29-21)16-12-27-30(13-16)8-9-31;19-15-7-11(1-2-12(15)8-20)14-3-4-21-18-16(14)23-17(24-18)13-9-22-25(10-13)5-6-26;1-2-8-3-4-9(7-11(8)14)10-5-6-17-13(16)12(10)15;1-7(2,3)6-8-4(5(10)11)9-12-6;9-2-1-8-4-6(5-10)3-7-8;7-3-4-1-5-6-2-4;3-1-2-4;/h4-5,8-9,12-14,35H,6-7,10-11H2,1-3H3,(H,28,30,31);4-7,10,12-13,31H,8-9,11H2,1-3H3,(H,26,32)(H,25,28,29);1-4,7,9-10,26H,5-6,8,20H2,(H,21,23,24);3-7H,2,15H2,1H3,(H2,16,17);1-3H3,(H,10,11);3-5,9H,1-2H2;1-3H,(H,5,6);4H,1-2H2;1H. The molecule has 0 bridgehead atoms. The number of aldehydes is 2. The van der Waals surface area contributed by atoms with Crippen LogP contribution in [0.4, 0.5) is 33.9 Å². The van der Waals surface area contributed by atoms with Gasteiger partial charge in [-0.05, 0) is 121 Å². The number of ether oxygens (including phenoxy) is 1. The van der Waals surface area contributed by atoms with Crippen molar-refractivity contribution >= 4 is 104 Å². The number of aliphatic hydroxyl groups excluding tert-OH is 5. The van der Waals surface area contributed by atoms with E-state index in [1.165, 1.54) is 47.5 Å². The summed E-state index contributed by atoms with van der Waals surface area (Å²) in [7, 11) is 0. The van der Waals surface area contributed by atoms with Gasteiger partial charge in [-0.15, -0.1) is 12.4 Å². The first-order valence-electron chi connectivity index (χ1n) is 45.3. The second kappa shape index (κ2) is 52.9. The molecule has 0 aliphatic rings. The number of halogens is 6. The molecule has 0 unspecified atom stereocenters. The number of anilines is 2. The van der Waals surface area contributed by atoms with Gasteiger partial charge in [0.25, 0.3) is 5.82 Å². The molecule has 17 N–H and O–H groups in total. The molecule has 18 aromatic rings. The zero-order valence-electron chi connectivity index (χ0n) is 81.5. The predicted molar refractivity (Wildman–Crippen MR) is 544 cm³/mol. The highest BCUT2D eigenvalue weighted by molar-refractivity contribution is 9.09. The summed E-state index contributed by atoms with van der Waals surface area (Å²) in [5.74, 6) is -0.416. The third-order valence-electron chi connectivity index (χ3n) is 20.8. The normalized spacial score (nSPS) is 11.1. The van der Waals surface area contributed by atoms with E-state index < -0.39 is 29.3 Å². The van der Waals surface area contributed by atoms with Crippen molar-refractivity contribution in [2.45, 2.75) is 144 Å². The van der Waals surface area contributed by atoms with Gasteiger partial charge in [-0.25, -0.2) is 62.0 Å². The van der Waals surface area contributed by atoms with Gasteiger partial charge >= 0.3 is 12.1 Å². The van der Waals surface area contributed by atoms with E-state index in [9.17, 15) is 37.1 Å². The zero-order valence-corrected chi connectivity index (χ0v) is 83.9. The summed E-state index contributed by atoms with van der Waals surface area (Å²) in [5, 5.41) is 84.7. The van der Waals surface area contributed by atoms with E-state index in [0.29, 0.717) is 156 Å². The first-order valence-corrected chi connectivity index (χ1v) is 46.4.